The first-order valence-electron chi connectivity index (χ1n) is 7.46. The molecule has 0 spiro atoms. The van der Waals surface area contributed by atoms with Gasteiger partial charge in [0.1, 0.15) is 5.82 Å². The Morgan fingerprint density at radius 3 is 2.43 bits per heavy atom. The minimum atomic E-state index is 0.191. The summed E-state index contributed by atoms with van der Waals surface area (Å²) in [6.45, 7) is 12.6. The zero-order chi connectivity index (χ0) is 15.4. The predicted octanol–water partition coefficient (Wildman–Crippen LogP) is 4.17. The van der Waals surface area contributed by atoms with Gasteiger partial charge in [-0.15, -0.1) is 11.3 Å². The van der Waals surface area contributed by atoms with Crippen LogP contribution in [0.1, 0.15) is 42.4 Å². The molecule has 0 radical (unpaired) electrons. The average Bonchev–Trinajstić information content (AvgIpc) is 2.81. The second-order valence-electron chi connectivity index (χ2n) is 5.12. The molecule has 0 aliphatic carbocycles. The maximum absolute atomic E-state index is 4.61. The molecule has 21 heavy (non-hydrogen) atoms. The summed E-state index contributed by atoms with van der Waals surface area (Å²) in [4.78, 5) is 12.7. The van der Waals surface area contributed by atoms with Crippen LogP contribution < -0.4 is 10.2 Å². The molecule has 1 atom stereocenters. The van der Waals surface area contributed by atoms with Crippen molar-refractivity contribution in [1.82, 2.24) is 9.97 Å². The fraction of sp³-hybridized carbons (Fsp3) is 0.500. The number of thiazole rings is 1. The Morgan fingerprint density at radius 2 is 1.95 bits per heavy atom. The van der Waals surface area contributed by atoms with E-state index >= 15 is 0 Å². The number of aromatic nitrogens is 2. The van der Waals surface area contributed by atoms with Gasteiger partial charge < -0.3 is 10.2 Å². The van der Waals surface area contributed by atoms with Gasteiger partial charge in [0.25, 0.3) is 0 Å². The molecule has 0 bridgehead atoms. The first-order chi connectivity index (χ1) is 10.0. The summed E-state index contributed by atoms with van der Waals surface area (Å²) >= 11 is 1.75. The van der Waals surface area contributed by atoms with Crippen molar-refractivity contribution in [2.24, 2.45) is 0 Å². The van der Waals surface area contributed by atoms with E-state index in [1.54, 1.807) is 11.3 Å². The predicted molar refractivity (Wildman–Crippen MR) is 91.4 cm³/mol. The third-order valence-corrected chi connectivity index (χ3v) is 4.47. The number of hydrogen-bond acceptors (Lipinski definition) is 5. The number of rotatable bonds is 6. The van der Waals surface area contributed by atoms with Gasteiger partial charge in [0.15, 0.2) is 0 Å². The van der Waals surface area contributed by atoms with E-state index in [4.69, 9.17) is 0 Å². The topological polar surface area (TPSA) is 41.0 Å². The molecule has 1 unspecified atom stereocenters. The third kappa shape index (κ3) is 3.73. The molecule has 114 valence electrons. The molecule has 0 amide bonds. The maximum Gasteiger partial charge on any atom is 0.128 e. The van der Waals surface area contributed by atoms with Crippen LogP contribution in [-0.4, -0.2) is 23.1 Å². The highest BCUT2D eigenvalue weighted by atomic mass is 32.1. The second-order valence-corrected chi connectivity index (χ2v) is 6.53. The standard InChI is InChI=1S/C16H24N4S/c1-6-20(7-2)15-9-8-14(10-17-15)18-11(3)16-12(4)21-13(5)19-16/h8-11,18H,6-7H2,1-5H3. The number of anilines is 2. The summed E-state index contributed by atoms with van der Waals surface area (Å²) in [5, 5.41) is 4.59. The highest BCUT2D eigenvalue weighted by molar-refractivity contribution is 7.11. The summed E-state index contributed by atoms with van der Waals surface area (Å²) in [5.74, 6) is 1.03. The zero-order valence-corrected chi connectivity index (χ0v) is 14.3. The fourth-order valence-corrected chi connectivity index (χ4v) is 3.39. The van der Waals surface area contributed by atoms with E-state index in [0.717, 1.165) is 35.3 Å². The summed E-state index contributed by atoms with van der Waals surface area (Å²) < 4.78 is 0. The minimum absolute atomic E-state index is 0.191. The van der Waals surface area contributed by atoms with Gasteiger partial charge in [-0.2, -0.15) is 0 Å². The quantitative estimate of drug-likeness (QED) is 0.869. The highest BCUT2D eigenvalue weighted by Gasteiger charge is 2.13. The van der Waals surface area contributed by atoms with E-state index < -0.39 is 0 Å². The molecule has 4 nitrogen and oxygen atoms in total. The molecule has 2 aromatic rings. The van der Waals surface area contributed by atoms with E-state index in [0.29, 0.717) is 0 Å². The monoisotopic (exact) mass is 304 g/mol. The average molecular weight is 304 g/mol. The fourth-order valence-electron chi connectivity index (χ4n) is 2.47. The molecular formula is C16H24N4S. The van der Waals surface area contributed by atoms with Crippen molar-refractivity contribution in [3.05, 3.63) is 33.9 Å². The van der Waals surface area contributed by atoms with Crippen molar-refractivity contribution in [3.8, 4) is 0 Å². The number of nitrogens with zero attached hydrogens (tertiary/aromatic N) is 3. The number of hydrogen-bond donors (Lipinski definition) is 1. The summed E-state index contributed by atoms with van der Waals surface area (Å²) in [6, 6.07) is 4.35. The van der Waals surface area contributed by atoms with E-state index in [2.05, 4.69) is 60.0 Å². The van der Waals surface area contributed by atoms with E-state index in [1.807, 2.05) is 13.1 Å². The van der Waals surface area contributed by atoms with Crippen molar-refractivity contribution in [2.45, 2.75) is 40.7 Å². The Morgan fingerprint density at radius 1 is 1.24 bits per heavy atom. The molecule has 0 saturated heterocycles. The molecule has 0 fully saturated rings. The van der Waals surface area contributed by atoms with E-state index in [-0.39, 0.29) is 6.04 Å². The van der Waals surface area contributed by atoms with Gasteiger partial charge >= 0.3 is 0 Å². The van der Waals surface area contributed by atoms with Crippen LogP contribution in [0, 0.1) is 13.8 Å². The molecular weight excluding hydrogens is 280 g/mol. The zero-order valence-electron chi connectivity index (χ0n) is 13.5. The Balaban J connectivity index is 2.08. The molecule has 0 aliphatic rings. The van der Waals surface area contributed by atoms with Crippen LogP contribution in [0.25, 0.3) is 0 Å². The largest absolute Gasteiger partial charge is 0.376 e. The first kappa shape index (κ1) is 15.8. The van der Waals surface area contributed by atoms with Gasteiger partial charge in [-0.3, -0.25) is 0 Å². The normalized spacial score (nSPS) is 12.2. The lowest BCUT2D eigenvalue weighted by molar-refractivity contribution is 0.830. The van der Waals surface area contributed by atoms with Crippen molar-refractivity contribution in [1.29, 1.82) is 0 Å². The van der Waals surface area contributed by atoms with Crippen LogP contribution in [0.5, 0.6) is 0 Å². The molecule has 1 N–H and O–H groups in total. The van der Waals surface area contributed by atoms with Crippen molar-refractivity contribution >= 4 is 22.8 Å². The second kappa shape index (κ2) is 6.89. The number of pyridine rings is 1. The van der Waals surface area contributed by atoms with Gasteiger partial charge in [-0.25, -0.2) is 9.97 Å². The van der Waals surface area contributed by atoms with Crippen molar-refractivity contribution in [3.63, 3.8) is 0 Å². The molecule has 0 saturated carbocycles. The lowest BCUT2D eigenvalue weighted by Crippen LogP contribution is -2.22. The van der Waals surface area contributed by atoms with Crippen LogP contribution in [0.15, 0.2) is 18.3 Å². The number of nitrogens with one attached hydrogen (secondary N) is 1. The Hall–Kier alpha value is -1.62. The van der Waals surface area contributed by atoms with Gasteiger partial charge in [-0.05, 0) is 46.8 Å². The van der Waals surface area contributed by atoms with Crippen molar-refractivity contribution < 1.29 is 0 Å². The van der Waals surface area contributed by atoms with E-state index in [1.165, 1.54) is 4.88 Å². The molecule has 5 heteroatoms. The SMILES string of the molecule is CCN(CC)c1ccc(NC(C)c2nc(C)sc2C)cn1. The van der Waals surface area contributed by atoms with Crippen LogP contribution in [0.2, 0.25) is 0 Å². The molecule has 0 aliphatic heterocycles. The smallest absolute Gasteiger partial charge is 0.128 e. The molecule has 2 heterocycles. The lowest BCUT2D eigenvalue weighted by atomic mass is 10.2. The van der Waals surface area contributed by atoms with Crippen molar-refractivity contribution in [2.75, 3.05) is 23.3 Å². The van der Waals surface area contributed by atoms with Gasteiger partial charge in [0.2, 0.25) is 0 Å². The van der Waals surface area contributed by atoms with Crippen LogP contribution in [-0.2, 0) is 0 Å². The van der Waals surface area contributed by atoms with Gasteiger partial charge in [0, 0.05) is 18.0 Å². The summed E-state index contributed by atoms with van der Waals surface area (Å²) in [6.07, 6.45) is 1.90. The lowest BCUT2D eigenvalue weighted by Gasteiger charge is -2.20. The van der Waals surface area contributed by atoms with Gasteiger partial charge in [-0.1, -0.05) is 0 Å². The Bertz CT molecular complexity index is 572. The minimum Gasteiger partial charge on any atom is -0.376 e. The molecule has 2 aromatic heterocycles. The Labute approximate surface area is 131 Å². The maximum atomic E-state index is 4.61. The summed E-state index contributed by atoms with van der Waals surface area (Å²) in [7, 11) is 0. The Kier molecular flexibility index (Phi) is 5.17. The number of aryl methyl sites for hydroxylation is 2. The van der Waals surface area contributed by atoms with Crippen LogP contribution >= 0.6 is 11.3 Å². The molecule has 2 rings (SSSR count). The summed E-state index contributed by atoms with van der Waals surface area (Å²) in [5.41, 5.74) is 2.16. The first-order valence-corrected chi connectivity index (χ1v) is 8.28. The highest BCUT2D eigenvalue weighted by Crippen LogP contribution is 2.25. The van der Waals surface area contributed by atoms with E-state index in [9.17, 15) is 0 Å². The third-order valence-electron chi connectivity index (χ3n) is 3.57. The van der Waals surface area contributed by atoms with Crippen LogP contribution in [0.4, 0.5) is 11.5 Å². The van der Waals surface area contributed by atoms with Crippen LogP contribution in [0.3, 0.4) is 0 Å². The van der Waals surface area contributed by atoms with Gasteiger partial charge in [0.05, 0.1) is 28.6 Å². The molecule has 0 aromatic carbocycles.